The van der Waals surface area contributed by atoms with E-state index < -0.39 is 0 Å². The summed E-state index contributed by atoms with van der Waals surface area (Å²) in [4.78, 5) is 8.23. The lowest BCUT2D eigenvalue weighted by atomic mass is 10.1. The highest BCUT2D eigenvalue weighted by Gasteiger charge is 2.07. The molecule has 0 atom stereocenters. The number of halogens is 2. The smallest absolute Gasteiger partial charge is 0.138 e. The van der Waals surface area contributed by atoms with Gasteiger partial charge in [0.1, 0.15) is 11.6 Å². The van der Waals surface area contributed by atoms with Crippen molar-refractivity contribution in [3.63, 3.8) is 0 Å². The first-order valence-corrected chi connectivity index (χ1v) is 6.01. The van der Waals surface area contributed by atoms with Gasteiger partial charge in [-0.25, -0.2) is 14.4 Å². The SMILES string of the molecule is Fc1ccc(Br)cc1-c1ccnc(CS)n1. The van der Waals surface area contributed by atoms with Gasteiger partial charge in [-0.3, -0.25) is 0 Å². The maximum absolute atomic E-state index is 13.6. The van der Waals surface area contributed by atoms with E-state index in [1.807, 2.05) is 0 Å². The molecule has 0 saturated heterocycles. The Labute approximate surface area is 106 Å². The van der Waals surface area contributed by atoms with Crippen molar-refractivity contribution in [2.24, 2.45) is 0 Å². The molecule has 0 amide bonds. The van der Waals surface area contributed by atoms with Crippen LogP contribution in [-0.4, -0.2) is 9.97 Å². The fourth-order valence-electron chi connectivity index (χ4n) is 1.32. The number of hydrogen-bond donors (Lipinski definition) is 1. The van der Waals surface area contributed by atoms with Crippen molar-refractivity contribution in [2.75, 3.05) is 0 Å². The second-order valence-corrected chi connectivity index (χ2v) is 4.37. The van der Waals surface area contributed by atoms with Gasteiger partial charge in [-0.05, 0) is 24.3 Å². The fourth-order valence-corrected chi connectivity index (χ4v) is 1.83. The summed E-state index contributed by atoms with van der Waals surface area (Å²) >= 11 is 7.39. The van der Waals surface area contributed by atoms with Gasteiger partial charge in [0.05, 0.1) is 11.4 Å². The summed E-state index contributed by atoms with van der Waals surface area (Å²) in [5.74, 6) is 0.718. The van der Waals surface area contributed by atoms with Gasteiger partial charge in [-0.1, -0.05) is 15.9 Å². The Hall–Kier alpha value is -0.940. The van der Waals surface area contributed by atoms with Gasteiger partial charge in [0.15, 0.2) is 0 Å². The molecule has 1 aromatic heterocycles. The third-order valence-corrected chi connectivity index (χ3v) is 2.83. The molecule has 0 aliphatic carbocycles. The number of hydrogen-bond acceptors (Lipinski definition) is 3. The van der Waals surface area contributed by atoms with Gasteiger partial charge in [0.25, 0.3) is 0 Å². The molecule has 2 nitrogen and oxygen atoms in total. The molecule has 0 radical (unpaired) electrons. The molecule has 1 aromatic carbocycles. The van der Waals surface area contributed by atoms with Crippen molar-refractivity contribution >= 4 is 28.6 Å². The first-order valence-electron chi connectivity index (χ1n) is 4.59. The van der Waals surface area contributed by atoms with Crippen molar-refractivity contribution in [3.8, 4) is 11.3 Å². The molecule has 0 saturated carbocycles. The van der Waals surface area contributed by atoms with E-state index in [9.17, 15) is 4.39 Å². The third kappa shape index (κ3) is 2.41. The van der Waals surface area contributed by atoms with Gasteiger partial charge in [-0.2, -0.15) is 12.6 Å². The largest absolute Gasteiger partial charge is 0.240 e. The van der Waals surface area contributed by atoms with Crippen LogP contribution < -0.4 is 0 Å². The minimum atomic E-state index is -0.299. The Kier molecular flexibility index (Phi) is 3.56. The van der Waals surface area contributed by atoms with E-state index in [0.717, 1.165) is 4.47 Å². The van der Waals surface area contributed by atoms with Crippen molar-refractivity contribution in [1.82, 2.24) is 9.97 Å². The summed E-state index contributed by atoms with van der Waals surface area (Å²) in [7, 11) is 0. The molecule has 2 aromatic rings. The Morgan fingerprint density at radius 3 is 2.88 bits per heavy atom. The lowest BCUT2D eigenvalue weighted by molar-refractivity contribution is 0.630. The summed E-state index contributed by atoms with van der Waals surface area (Å²) in [6.07, 6.45) is 1.61. The highest BCUT2D eigenvalue weighted by molar-refractivity contribution is 9.10. The topological polar surface area (TPSA) is 25.8 Å². The lowest BCUT2D eigenvalue weighted by Crippen LogP contribution is -1.94. The molecule has 16 heavy (non-hydrogen) atoms. The fraction of sp³-hybridized carbons (Fsp3) is 0.0909. The van der Waals surface area contributed by atoms with Crippen LogP contribution in [0, 0.1) is 5.82 Å². The van der Waals surface area contributed by atoms with Crippen molar-refractivity contribution in [2.45, 2.75) is 5.75 Å². The van der Waals surface area contributed by atoms with Crippen molar-refractivity contribution in [3.05, 3.63) is 46.6 Å². The third-order valence-electron chi connectivity index (χ3n) is 2.05. The summed E-state index contributed by atoms with van der Waals surface area (Å²) in [5.41, 5.74) is 1.03. The second kappa shape index (κ2) is 4.93. The first-order chi connectivity index (χ1) is 7.70. The minimum absolute atomic E-state index is 0.299. The molecule has 82 valence electrons. The summed E-state index contributed by atoms with van der Waals surface area (Å²) < 4.78 is 14.4. The molecule has 0 unspecified atom stereocenters. The van der Waals surface area contributed by atoms with E-state index in [-0.39, 0.29) is 5.82 Å². The second-order valence-electron chi connectivity index (χ2n) is 3.14. The zero-order chi connectivity index (χ0) is 11.5. The van der Waals surface area contributed by atoms with E-state index in [1.54, 1.807) is 24.4 Å². The number of benzene rings is 1. The average Bonchev–Trinajstić information content (AvgIpc) is 2.32. The van der Waals surface area contributed by atoms with Crippen LogP contribution in [0.25, 0.3) is 11.3 Å². The number of aromatic nitrogens is 2. The maximum Gasteiger partial charge on any atom is 0.138 e. The van der Waals surface area contributed by atoms with Crippen LogP contribution in [0.5, 0.6) is 0 Å². The lowest BCUT2D eigenvalue weighted by Gasteiger charge is -2.04. The Bertz CT molecular complexity index is 519. The maximum atomic E-state index is 13.6. The van der Waals surface area contributed by atoms with Gasteiger partial charge < -0.3 is 0 Å². The molecule has 0 N–H and O–H groups in total. The van der Waals surface area contributed by atoms with Crippen LogP contribution in [0.4, 0.5) is 4.39 Å². The Morgan fingerprint density at radius 2 is 2.12 bits per heavy atom. The van der Waals surface area contributed by atoms with Crippen molar-refractivity contribution < 1.29 is 4.39 Å². The molecule has 0 fully saturated rings. The molecular weight excluding hydrogens is 291 g/mol. The normalized spacial score (nSPS) is 10.4. The Morgan fingerprint density at radius 1 is 1.31 bits per heavy atom. The average molecular weight is 299 g/mol. The van der Waals surface area contributed by atoms with Crippen LogP contribution in [0.1, 0.15) is 5.82 Å². The summed E-state index contributed by atoms with van der Waals surface area (Å²) in [5, 5.41) is 0. The van der Waals surface area contributed by atoms with Gasteiger partial charge in [0.2, 0.25) is 0 Å². The van der Waals surface area contributed by atoms with Gasteiger partial charge >= 0.3 is 0 Å². The van der Waals surface area contributed by atoms with Crippen LogP contribution in [-0.2, 0) is 5.75 Å². The van der Waals surface area contributed by atoms with Crippen LogP contribution >= 0.6 is 28.6 Å². The van der Waals surface area contributed by atoms with Crippen LogP contribution in [0.2, 0.25) is 0 Å². The standard InChI is InChI=1S/C11H8BrFN2S/c12-7-1-2-9(13)8(5-7)10-3-4-14-11(6-16)15-10/h1-5,16H,6H2. The first kappa shape index (κ1) is 11.5. The molecule has 5 heteroatoms. The number of rotatable bonds is 2. The molecule has 0 aliphatic heterocycles. The molecule has 1 heterocycles. The molecular formula is C11H8BrFN2S. The molecule has 0 spiro atoms. The quantitative estimate of drug-likeness (QED) is 0.859. The Balaban J connectivity index is 2.53. The van der Waals surface area contributed by atoms with E-state index >= 15 is 0 Å². The van der Waals surface area contributed by atoms with Crippen LogP contribution in [0.15, 0.2) is 34.9 Å². The molecule has 2 rings (SSSR count). The minimum Gasteiger partial charge on any atom is -0.240 e. The predicted octanol–water partition coefficient (Wildman–Crippen LogP) is 3.48. The van der Waals surface area contributed by atoms with Gasteiger partial charge in [-0.15, -0.1) is 0 Å². The molecule has 0 aliphatic rings. The number of thiol groups is 1. The van der Waals surface area contributed by atoms with E-state index in [0.29, 0.717) is 22.8 Å². The monoisotopic (exact) mass is 298 g/mol. The predicted molar refractivity (Wildman–Crippen MR) is 67.8 cm³/mol. The highest BCUT2D eigenvalue weighted by atomic mass is 79.9. The summed E-state index contributed by atoms with van der Waals surface area (Å²) in [6.45, 7) is 0. The van der Waals surface area contributed by atoms with Crippen molar-refractivity contribution in [1.29, 1.82) is 0 Å². The zero-order valence-corrected chi connectivity index (χ0v) is 10.7. The zero-order valence-electron chi connectivity index (χ0n) is 8.19. The van der Waals surface area contributed by atoms with E-state index in [4.69, 9.17) is 0 Å². The van der Waals surface area contributed by atoms with E-state index in [2.05, 4.69) is 38.5 Å². The van der Waals surface area contributed by atoms with E-state index in [1.165, 1.54) is 6.07 Å². The summed E-state index contributed by atoms with van der Waals surface area (Å²) in [6, 6.07) is 6.43. The highest BCUT2D eigenvalue weighted by Crippen LogP contribution is 2.24. The molecule has 0 bridgehead atoms. The number of nitrogens with zero attached hydrogens (tertiary/aromatic N) is 2. The van der Waals surface area contributed by atoms with Crippen LogP contribution in [0.3, 0.4) is 0 Å². The van der Waals surface area contributed by atoms with Gasteiger partial charge in [0, 0.05) is 16.2 Å².